The van der Waals surface area contributed by atoms with Crippen LogP contribution in [-0.2, 0) is 6.42 Å². The number of hydrogen-bond acceptors (Lipinski definition) is 1. The largest absolute Gasteiger partial charge is 0.351 e. The molecule has 0 bridgehead atoms. The number of allylic oxidation sites excluding steroid dienone is 12. The monoisotopic (exact) mass is 517 g/mol. The second-order valence-corrected chi connectivity index (χ2v) is 9.92. The van der Waals surface area contributed by atoms with E-state index in [1.165, 1.54) is 44.0 Å². The molecule has 0 radical (unpaired) electrons. The van der Waals surface area contributed by atoms with Gasteiger partial charge in [0.25, 0.3) is 0 Å². The van der Waals surface area contributed by atoms with Crippen molar-refractivity contribution in [1.82, 2.24) is 4.90 Å². The molecule has 0 aliphatic heterocycles. The van der Waals surface area contributed by atoms with Gasteiger partial charge in [-0.15, -0.1) is 0 Å². The standard InChI is InChI=1S/C38H47N/c1-8-11-12-17-32(5)33(6)22-23-34(7)39(30-38-19-14-13-18-37(38)16-10-3)29-28-35(15-9-2)26-27-36-24-20-31(4)21-25-36/h9-26,30H,3,8,27-29H2,1-2,4-7H3/b12-11-,15-9-,32-17+,33-22+,34-23+,35-26+,37-16-,38-30+. The van der Waals surface area contributed by atoms with Crippen LogP contribution in [-0.4, -0.2) is 11.4 Å². The Kier molecular flexibility index (Phi) is 14.2. The van der Waals surface area contributed by atoms with Crippen LogP contribution < -0.4 is 10.4 Å². The molecule has 2 aromatic rings. The fourth-order valence-electron chi connectivity index (χ4n) is 4.06. The van der Waals surface area contributed by atoms with Gasteiger partial charge in [0.15, 0.2) is 0 Å². The molecule has 0 saturated carbocycles. The summed E-state index contributed by atoms with van der Waals surface area (Å²) in [7, 11) is 0. The fraction of sp³-hybridized carbons (Fsp3) is 0.263. The van der Waals surface area contributed by atoms with Crippen molar-refractivity contribution in [3.63, 3.8) is 0 Å². The molecule has 1 nitrogen and oxygen atoms in total. The van der Waals surface area contributed by atoms with Crippen molar-refractivity contribution in [3.8, 4) is 0 Å². The zero-order valence-electron chi connectivity index (χ0n) is 25.0. The van der Waals surface area contributed by atoms with Gasteiger partial charge in [0.05, 0.1) is 0 Å². The Morgan fingerprint density at radius 1 is 0.897 bits per heavy atom. The lowest BCUT2D eigenvalue weighted by Gasteiger charge is -2.22. The predicted molar refractivity (Wildman–Crippen MR) is 175 cm³/mol. The van der Waals surface area contributed by atoms with Crippen LogP contribution in [0.25, 0.3) is 12.3 Å². The van der Waals surface area contributed by atoms with E-state index >= 15 is 0 Å². The normalized spacial score (nSPS) is 14.6. The molecule has 2 rings (SSSR count). The maximum absolute atomic E-state index is 3.91. The molecule has 0 saturated heterocycles. The first-order valence-electron chi connectivity index (χ1n) is 14.1. The third-order valence-electron chi connectivity index (χ3n) is 6.70. The second-order valence-electron chi connectivity index (χ2n) is 9.92. The van der Waals surface area contributed by atoms with Gasteiger partial charge in [-0.25, -0.2) is 0 Å². The smallest absolute Gasteiger partial charge is 0.0262 e. The van der Waals surface area contributed by atoms with Gasteiger partial charge >= 0.3 is 0 Å². The van der Waals surface area contributed by atoms with E-state index in [1.807, 2.05) is 6.08 Å². The lowest BCUT2D eigenvalue weighted by Crippen LogP contribution is -2.29. The Morgan fingerprint density at radius 2 is 1.59 bits per heavy atom. The number of hydrogen-bond donors (Lipinski definition) is 0. The van der Waals surface area contributed by atoms with Crippen LogP contribution in [0.1, 0.15) is 58.6 Å². The van der Waals surface area contributed by atoms with E-state index in [0.29, 0.717) is 0 Å². The lowest BCUT2D eigenvalue weighted by atomic mass is 10.0. The Balaban J connectivity index is 2.40. The molecule has 0 aliphatic rings. The second kappa shape index (κ2) is 17.6. The van der Waals surface area contributed by atoms with Gasteiger partial charge in [0.2, 0.25) is 0 Å². The third kappa shape index (κ3) is 11.6. The molecule has 0 amide bonds. The molecule has 0 fully saturated rings. The molecular weight excluding hydrogens is 470 g/mol. The van der Waals surface area contributed by atoms with Gasteiger partial charge in [-0.3, -0.25) is 0 Å². The number of benzene rings is 2. The van der Waals surface area contributed by atoms with E-state index in [0.717, 1.165) is 25.8 Å². The summed E-state index contributed by atoms with van der Waals surface area (Å²) in [6.45, 7) is 17.7. The molecule has 204 valence electrons. The van der Waals surface area contributed by atoms with E-state index in [2.05, 4.69) is 162 Å². The molecule has 0 spiro atoms. The minimum absolute atomic E-state index is 0.885. The Hall–Kier alpha value is -3.84. The van der Waals surface area contributed by atoms with Gasteiger partial charge in [-0.2, -0.15) is 0 Å². The highest BCUT2D eigenvalue weighted by molar-refractivity contribution is 5.40. The molecule has 0 aromatic heterocycles. The average Bonchev–Trinajstić information content (AvgIpc) is 2.94. The first-order chi connectivity index (χ1) is 18.9. The zero-order valence-corrected chi connectivity index (χ0v) is 25.0. The Labute approximate surface area is 238 Å². The summed E-state index contributed by atoms with van der Waals surface area (Å²) in [5.74, 6) is 0. The average molecular weight is 518 g/mol. The highest BCUT2D eigenvalue weighted by Crippen LogP contribution is 2.15. The van der Waals surface area contributed by atoms with E-state index < -0.39 is 0 Å². The van der Waals surface area contributed by atoms with Crippen LogP contribution in [0.2, 0.25) is 0 Å². The van der Waals surface area contributed by atoms with Gasteiger partial charge in [-0.05, 0) is 87.1 Å². The van der Waals surface area contributed by atoms with Crippen LogP contribution in [0.4, 0.5) is 0 Å². The van der Waals surface area contributed by atoms with Gasteiger partial charge in [-0.1, -0.05) is 128 Å². The SMILES string of the molecule is C=C/C=c1/cccc/c1=C\N(CCC(/C=C\C)=C/Cc1ccc(C)cc1)/C(C)=C/C=C(C)/C(C)=C/C=C\CC. The topological polar surface area (TPSA) is 3.24 Å². The maximum Gasteiger partial charge on any atom is 0.0262 e. The quantitative estimate of drug-likeness (QED) is 0.240. The summed E-state index contributed by atoms with van der Waals surface area (Å²) in [5, 5.41) is 2.35. The Morgan fingerprint density at radius 3 is 2.26 bits per heavy atom. The molecule has 39 heavy (non-hydrogen) atoms. The summed E-state index contributed by atoms with van der Waals surface area (Å²) < 4.78 is 0. The highest BCUT2D eigenvalue weighted by atomic mass is 15.1. The van der Waals surface area contributed by atoms with Crippen molar-refractivity contribution in [2.75, 3.05) is 6.54 Å². The summed E-state index contributed by atoms with van der Waals surface area (Å²) in [6.07, 6.45) is 26.8. The highest BCUT2D eigenvalue weighted by Gasteiger charge is 2.05. The van der Waals surface area contributed by atoms with E-state index in [4.69, 9.17) is 0 Å². The van der Waals surface area contributed by atoms with E-state index in [9.17, 15) is 0 Å². The van der Waals surface area contributed by atoms with Crippen molar-refractivity contribution in [2.45, 2.75) is 60.8 Å². The summed E-state index contributed by atoms with van der Waals surface area (Å²) in [5.41, 5.74) is 7.74. The van der Waals surface area contributed by atoms with Crippen LogP contribution in [0.5, 0.6) is 0 Å². The van der Waals surface area contributed by atoms with Gasteiger partial charge in [0.1, 0.15) is 0 Å². The van der Waals surface area contributed by atoms with Crippen molar-refractivity contribution >= 4 is 12.3 Å². The molecule has 0 atom stereocenters. The minimum Gasteiger partial charge on any atom is -0.351 e. The lowest BCUT2D eigenvalue weighted by molar-refractivity contribution is 0.508. The summed E-state index contributed by atoms with van der Waals surface area (Å²) >= 11 is 0. The number of rotatable bonds is 13. The molecular formula is C38H47N. The minimum atomic E-state index is 0.885. The van der Waals surface area contributed by atoms with Crippen LogP contribution >= 0.6 is 0 Å². The number of aryl methyl sites for hydroxylation is 1. The molecule has 0 heterocycles. The molecule has 0 aliphatic carbocycles. The van der Waals surface area contributed by atoms with Crippen molar-refractivity contribution in [2.24, 2.45) is 0 Å². The predicted octanol–water partition coefficient (Wildman–Crippen LogP) is 8.90. The van der Waals surface area contributed by atoms with Gasteiger partial charge < -0.3 is 4.90 Å². The summed E-state index contributed by atoms with van der Waals surface area (Å²) in [4.78, 5) is 2.37. The van der Waals surface area contributed by atoms with Crippen LogP contribution in [0, 0.1) is 6.92 Å². The molecule has 2 aromatic carbocycles. The van der Waals surface area contributed by atoms with E-state index in [-0.39, 0.29) is 0 Å². The molecule has 0 unspecified atom stereocenters. The molecule has 1 heteroatoms. The van der Waals surface area contributed by atoms with Crippen molar-refractivity contribution < 1.29 is 0 Å². The zero-order chi connectivity index (χ0) is 28.5. The van der Waals surface area contributed by atoms with Gasteiger partial charge in [0, 0.05) is 18.4 Å². The first-order valence-corrected chi connectivity index (χ1v) is 14.1. The molecule has 0 N–H and O–H groups in total. The summed E-state index contributed by atoms with van der Waals surface area (Å²) in [6, 6.07) is 17.3. The fourth-order valence-corrected chi connectivity index (χ4v) is 4.06. The Bertz CT molecular complexity index is 1350. The first kappa shape index (κ1) is 31.4. The van der Waals surface area contributed by atoms with Crippen molar-refractivity contribution in [1.29, 1.82) is 0 Å². The van der Waals surface area contributed by atoms with Crippen LogP contribution in [0.3, 0.4) is 0 Å². The van der Waals surface area contributed by atoms with Crippen molar-refractivity contribution in [3.05, 3.63) is 154 Å². The third-order valence-corrected chi connectivity index (χ3v) is 6.70. The van der Waals surface area contributed by atoms with Crippen LogP contribution in [0.15, 0.2) is 132 Å². The number of nitrogens with zero attached hydrogens (tertiary/aromatic N) is 1. The maximum atomic E-state index is 3.91. The van der Waals surface area contributed by atoms with E-state index in [1.54, 1.807) is 0 Å².